The third-order valence-electron chi connectivity index (χ3n) is 4.46. The topological polar surface area (TPSA) is 60.5 Å². The molecular weight excluding hydrogens is 316 g/mol. The first-order valence-electron chi connectivity index (χ1n) is 8.67. The largest absolute Gasteiger partial charge is 0.475 e. The summed E-state index contributed by atoms with van der Waals surface area (Å²) in [5, 5.41) is 3.02. The molecule has 132 valence electrons. The number of rotatable bonds is 5. The number of benzene rings is 1. The molecule has 1 aliphatic heterocycles. The van der Waals surface area contributed by atoms with Crippen LogP contribution < -0.4 is 10.1 Å². The number of pyridine rings is 1. The van der Waals surface area contributed by atoms with Crippen LogP contribution in [0.3, 0.4) is 0 Å². The fourth-order valence-electron chi connectivity index (χ4n) is 3.14. The van der Waals surface area contributed by atoms with Gasteiger partial charge in [-0.1, -0.05) is 30.3 Å². The van der Waals surface area contributed by atoms with Gasteiger partial charge >= 0.3 is 0 Å². The molecule has 0 spiro atoms. The van der Waals surface area contributed by atoms with Gasteiger partial charge in [-0.15, -0.1) is 0 Å². The van der Waals surface area contributed by atoms with Crippen molar-refractivity contribution in [3.05, 3.63) is 54.2 Å². The van der Waals surface area contributed by atoms with Crippen LogP contribution in [-0.4, -0.2) is 30.2 Å². The minimum atomic E-state index is -0.563. The highest BCUT2D eigenvalue weighted by Gasteiger charge is 2.41. The summed E-state index contributed by atoms with van der Waals surface area (Å²) in [4.78, 5) is 17.4. The quantitative estimate of drug-likeness (QED) is 0.904. The number of carbonyl (C=O) groups excluding carboxylic acids is 1. The van der Waals surface area contributed by atoms with E-state index in [0.717, 1.165) is 5.56 Å². The third kappa shape index (κ3) is 3.99. The molecule has 3 rings (SSSR count). The van der Waals surface area contributed by atoms with Gasteiger partial charge in [-0.05, 0) is 38.3 Å². The molecule has 5 nitrogen and oxygen atoms in total. The van der Waals surface area contributed by atoms with Crippen molar-refractivity contribution in [2.45, 2.75) is 38.2 Å². The average Bonchev–Trinajstić information content (AvgIpc) is 2.64. The molecule has 1 N–H and O–H groups in total. The van der Waals surface area contributed by atoms with Crippen LogP contribution in [0.15, 0.2) is 48.7 Å². The molecule has 2 heterocycles. The maximum atomic E-state index is 13.1. The van der Waals surface area contributed by atoms with E-state index in [-0.39, 0.29) is 12.0 Å². The van der Waals surface area contributed by atoms with Gasteiger partial charge in [0.1, 0.15) is 0 Å². The summed E-state index contributed by atoms with van der Waals surface area (Å²) in [7, 11) is 0. The van der Waals surface area contributed by atoms with Crippen LogP contribution in [0.4, 0.5) is 5.69 Å². The van der Waals surface area contributed by atoms with E-state index in [4.69, 9.17) is 9.47 Å². The zero-order valence-electron chi connectivity index (χ0n) is 14.7. The van der Waals surface area contributed by atoms with Crippen molar-refractivity contribution in [3.8, 4) is 5.88 Å². The molecule has 2 aromatic rings. The molecule has 0 bridgehead atoms. The third-order valence-corrected chi connectivity index (χ3v) is 4.46. The number of nitrogens with one attached hydrogen (secondary N) is 1. The predicted octanol–water partition coefficient (Wildman–Crippen LogP) is 3.56. The highest BCUT2D eigenvalue weighted by atomic mass is 16.5. The normalized spacial score (nSPS) is 16.4. The molecule has 0 saturated carbocycles. The van der Waals surface area contributed by atoms with Gasteiger partial charge in [0.05, 0.1) is 23.4 Å². The lowest BCUT2D eigenvalue weighted by Gasteiger charge is -2.36. The summed E-state index contributed by atoms with van der Waals surface area (Å²) in [6, 6.07) is 13.5. The molecule has 0 atom stereocenters. The SMILES string of the molecule is CC(C)Oc1ccc(NC(=O)C2(c3ccccc3)CCOCC2)cn1. The second kappa shape index (κ2) is 7.66. The van der Waals surface area contributed by atoms with Crippen LogP contribution >= 0.6 is 0 Å². The van der Waals surface area contributed by atoms with Crippen LogP contribution in [0, 0.1) is 0 Å². The molecule has 0 unspecified atom stereocenters. The second-order valence-electron chi connectivity index (χ2n) is 6.57. The van der Waals surface area contributed by atoms with Crippen molar-refractivity contribution in [2.24, 2.45) is 0 Å². The molecule has 1 fully saturated rings. The second-order valence-corrected chi connectivity index (χ2v) is 6.57. The fraction of sp³-hybridized carbons (Fsp3) is 0.400. The number of ether oxygens (including phenoxy) is 2. The first-order chi connectivity index (χ1) is 12.1. The summed E-state index contributed by atoms with van der Waals surface area (Å²) in [6.45, 7) is 5.07. The van der Waals surface area contributed by atoms with Crippen molar-refractivity contribution in [1.29, 1.82) is 0 Å². The highest BCUT2D eigenvalue weighted by molar-refractivity contribution is 5.99. The molecular formula is C20H24N2O3. The maximum Gasteiger partial charge on any atom is 0.235 e. The van der Waals surface area contributed by atoms with E-state index in [2.05, 4.69) is 10.3 Å². The molecule has 1 aliphatic rings. The molecule has 1 aromatic heterocycles. The summed E-state index contributed by atoms with van der Waals surface area (Å²) in [5.74, 6) is 0.540. The van der Waals surface area contributed by atoms with Crippen molar-refractivity contribution in [3.63, 3.8) is 0 Å². The van der Waals surface area contributed by atoms with Gasteiger partial charge < -0.3 is 14.8 Å². The van der Waals surface area contributed by atoms with E-state index in [0.29, 0.717) is 37.6 Å². The molecule has 25 heavy (non-hydrogen) atoms. The predicted molar refractivity (Wildman–Crippen MR) is 96.8 cm³/mol. The van der Waals surface area contributed by atoms with E-state index >= 15 is 0 Å². The van der Waals surface area contributed by atoms with Gasteiger partial charge in [-0.2, -0.15) is 0 Å². The summed E-state index contributed by atoms with van der Waals surface area (Å²) in [6.07, 6.45) is 3.04. The first kappa shape index (κ1) is 17.4. The van der Waals surface area contributed by atoms with E-state index in [9.17, 15) is 4.79 Å². The lowest BCUT2D eigenvalue weighted by Crippen LogP contribution is -2.44. The molecule has 5 heteroatoms. The van der Waals surface area contributed by atoms with Gasteiger partial charge in [-0.3, -0.25) is 4.79 Å². The first-order valence-corrected chi connectivity index (χ1v) is 8.67. The Hall–Kier alpha value is -2.40. The van der Waals surface area contributed by atoms with Crippen LogP contribution in [0.25, 0.3) is 0 Å². The Bertz CT molecular complexity index is 693. The number of aromatic nitrogens is 1. The Balaban J connectivity index is 1.79. The highest BCUT2D eigenvalue weighted by Crippen LogP contribution is 2.36. The zero-order valence-corrected chi connectivity index (χ0v) is 14.7. The van der Waals surface area contributed by atoms with E-state index < -0.39 is 5.41 Å². The van der Waals surface area contributed by atoms with Crippen molar-refractivity contribution >= 4 is 11.6 Å². The van der Waals surface area contributed by atoms with Gasteiger partial charge in [-0.25, -0.2) is 4.98 Å². The van der Waals surface area contributed by atoms with Gasteiger partial charge in [0.2, 0.25) is 11.8 Å². The Labute approximate surface area is 148 Å². The zero-order chi connectivity index (χ0) is 17.7. The molecule has 1 aromatic carbocycles. The van der Waals surface area contributed by atoms with Crippen LogP contribution in [0.2, 0.25) is 0 Å². The standard InChI is InChI=1S/C20H24N2O3/c1-15(2)25-18-9-8-17(14-21-18)22-19(23)20(10-12-24-13-11-20)16-6-4-3-5-7-16/h3-9,14-15H,10-13H2,1-2H3,(H,22,23). The lowest BCUT2D eigenvalue weighted by molar-refractivity contribution is -0.125. The Morgan fingerprint density at radius 3 is 2.48 bits per heavy atom. The summed E-state index contributed by atoms with van der Waals surface area (Å²) >= 11 is 0. The molecule has 1 amide bonds. The molecule has 1 saturated heterocycles. The summed E-state index contributed by atoms with van der Waals surface area (Å²) < 4.78 is 11.0. The Morgan fingerprint density at radius 2 is 1.88 bits per heavy atom. The molecule has 0 radical (unpaired) electrons. The minimum absolute atomic E-state index is 0.0127. The van der Waals surface area contributed by atoms with Gasteiger partial charge in [0, 0.05) is 19.3 Å². The van der Waals surface area contributed by atoms with Gasteiger partial charge in [0.25, 0.3) is 0 Å². The lowest BCUT2D eigenvalue weighted by atomic mass is 9.73. The number of nitrogens with zero attached hydrogens (tertiary/aromatic N) is 1. The number of hydrogen-bond donors (Lipinski definition) is 1. The van der Waals surface area contributed by atoms with Crippen LogP contribution in [-0.2, 0) is 14.9 Å². The smallest absolute Gasteiger partial charge is 0.235 e. The average molecular weight is 340 g/mol. The number of anilines is 1. The molecule has 0 aliphatic carbocycles. The fourth-order valence-corrected chi connectivity index (χ4v) is 3.14. The van der Waals surface area contributed by atoms with Crippen molar-refractivity contribution in [1.82, 2.24) is 4.98 Å². The van der Waals surface area contributed by atoms with E-state index in [1.165, 1.54) is 0 Å². The van der Waals surface area contributed by atoms with Gasteiger partial charge in [0.15, 0.2) is 0 Å². The Kier molecular flexibility index (Phi) is 5.34. The number of amides is 1. The minimum Gasteiger partial charge on any atom is -0.475 e. The summed E-state index contributed by atoms with van der Waals surface area (Å²) in [5.41, 5.74) is 1.14. The van der Waals surface area contributed by atoms with E-state index in [1.807, 2.05) is 50.2 Å². The Morgan fingerprint density at radius 1 is 1.16 bits per heavy atom. The van der Waals surface area contributed by atoms with Crippen molar-refractivity contribution < 1.29 is 14.3 Å². The maximum absolute atomic E-state index is 13.1. The van der Waals surface area contributed by atoms with Crippen LogP contribution in [0.1, 0.15) is 32.3 Å². The van der Waals surface area contributed by atoms with Crippen molar-refractivity contribution in [2.75, 3.05) is 18.5 Å². The van der Waals surface area contributed by atoms with E-state index in [1.54, 1.807) is 12.3 Å². The number of carbonyl (C=O) groups is 1. The van der Waals surface area contributed by atoms with Crippen LogP contribution in [0.5, 0.6) is 5.88 Å². The number of hydrogen-bond acceptors (Lipinski definition) is 4. The monoisotopic (exact) mass is 340 g/mol.